The van der Waals surface area contributed by atoms with Crippen LogP contribution in [0.4, 0.5) is 0 Å². The first-order chi connectivity index (χ1) is 6.27. The Morgan fingerprint density at radius 1 is 1.15 bits per heavy atom. The van der Waals surface area contributed by atoms with E-state index in [2.05, 4.69) is 11.8 Å². The molecule has 3 atom stereocenters. The Kier molecular flexibility index (Phi) is 2.89. The van der Waals surface area contributed by atoms with Crippen LogP contribution in [0.15, 0.2) is 0 Å². The fourth-order valence-corrected chi connectivity index (χ4v) is 2.87. The van der Waals surface area contributed by atoms with Crippen LogP contribution in [-0.2, 0) is 0 Å². The standard InChI is InChI=1S/C11H21NO/c1-9-4-3-7-12(8-9)10-5-2-6-11(10)13/h9-11,13H,2-8H2,1H3/t9?,10-,11-/m1/s1. The van der Waals surface area contributed by atoms with Crippen molar-refractivity contribution >= 4 is 0 Å². The third-order valence-electron chi connectivity index (χ3n) is 3.60. The van der Waals surface area contributed by atoms with Crippen LogP contribution in [0.25, 0.3) is 0 Å². The molecule has 1 saturated heterocycles. The van der Waals surface area contributed by atoms with Gasteiger partial charge in [0.2, 0.25) is 0 Å². The minimum Gasteiger partial charge on any atom is -0.391 e. The van der Waals surface area contributed by atoms with Gasteiger partial charge in [0.05, 0.1) is 6.10 Å². The van der Waals surface area contributed by atoms with Crippen LogP contribution in [0.2, 0.25) is 0 Å². The Hall–Kier alpha value is -0.0800. The highest BCUT2D eigenvalue weighted by Gasteiger charge is 2.32. The van der Waals surface area contributed by atoms with E-state index in [0.717, 1.165) is 12.3 Å². The molecule has 0 aromatic rings. The van der Waals surface area contributed by atoms with Gasteiger partial charge in [-0.2, -0.15) is 0 Å². The fourth-order valence-electron chi connectivity index (χ4n) is 2.87. The van der Waals surface area contributed by atoms with Crippen LogP contribution in [0.5, 0.6) is 0 Å². The number of piperidine rings is 1. The molecule has 2 aliphatic rings. The highest BCUT2D eigenvalue weighted by Crippen LogP contribution is 2.27. The lowest BCUT2D eigenvalue weighted by molar-refractivity contribution is 0.0460. The molecule has 76 valence electrons. The van der Waals surface area contributed by atoms with Crippen molar-refractivity contribution in [1.29, 1.82) is 0 Å². The minimum absolute atomic E-state index is 0.0368. The van der Waals surface area contributed by atoms with Crippen molar-refractivity contribution in [2.75, 3.05) is 13.1 Å². The van der Waals surface area contributed by atoms with Gasteiger partial charge in [-0.25, -0.2) is 0 Å². The zero-order valence-corrected chi connectivity index (χ0v) is 8.58. The molecule has 2 rings (SSSR count). The first kappa shape index (κ1) is 9.47. The topological polar surface area (TPSA) is 23.5 Å². The van der Waals surface area contributed by atoms with E-state index in [1.807, 2.05) is 0 Å². The summed E-state index contributed by atoms with van der Waals surface area (Å²) in [5, 5.41) is 9.79. The van der Waals surface area contributed by atoms with E-state index in [0.29, 0.717) is 6.04 Å². The Morgan fingerprint density at radius 3 is 2.62 bits per heavy atom. The maximum absolute atomic E-state index is 9.79. The van der Waals surface area contributed by atoms with Crippen LogP contribution in [0.3, 0.4) is 0 Å². The monoisotopic (exact) mass is 183 g/mol. The zero-order chi connectivity index (χ0) is 9.26. The van der Waals surface area contributed by atoms with Gasteiger partial charge >= 0.3 is 0 Å². The van der Waals surface area contributed by atoms with E-state index < -0.39 is 0 Å². The van der Waals surface area contributed by atoms with Gasteiger partial charge in [-0.3, -0.25) is 4.90 Å². The number of rotatable bonds is 1. The summed E-state index contributed by atoms with van der Waals surface area (Å²) in [6.07, 6.45) is 6.12. The Balaban J connectivity index is 1.91. The van der Waals surface area contributed by atoms with Gasteiger partial charge in [0.1, 0.15) is 0 Å². The number of aliphatic hydroxyl groups is 1. The van der Waals surface area contributed by atoms with E-state index >= 15 is 0 Å². The first-order valence-electron chi connectivity index (χ1n) is 5.69. The van der Waals surface area contributed by atoms with E-state index in [-0.39, 0.29) is 6.10 Å². The molecule has 2 heteroatoms. The molecular formula is C11H21NO. The normalized spacial score (nSPS) is 42.5. The van der Waals surface area contributed by atoms with Gasteiger partial charge in [0.15, 0.2) is 0 Å². The predicted molar refractivity (Wildman–Crippen MR) is 53.6 cm³/mol. The molecule has 0 spiro atoms. The number of aliphatic hydroxyl groups excluding tert-OH is 1. The fraction of sp³-hybridized carbons (Fsp3) is 1.00. The average molecular weight is 183 g/mol. The SMILES string of the molecule is CC1CCCN([C@@H]2CCC[C@H]2O)C1. The smallest absolute Gasteiger partial charge is 0.0695 e. The third kappa shape index (κ3) is 2.05. The molecule has 13 heavy (non-hydrogen) atoms. The minimum atomic E-state index is -0.0368. The summed E-state index contributed by atoms with van der Waals surface area (Å²) >= 11 is 0. The second kappa shape index (κ2) is 3.97. The molecule has 0 bridgehead atoms. The number of nitrogens with zero attached hydrogens (tertiary/aromatic N) is 1. The van der Waals surface area contributed by atoms with Crippen LogP contribution in [0.1, 0.15) is 39.0 Å². The average Bonchev–Trinajstić information content (AvgIpc) is 2.51. The Morgan fingerprint density at radius 2 is 2.00 bits per heavy atom. The molecule has 2 nitrogen and oxygen atoms in total. The molecule has 0 radical (unpaired) electrons. The molecule has 2 fully saturated rings. The summed E-state index contributed by atoms with van der Waals surface area (Å²) in [5.41, 5.74) is 0. The quantitative estimate of drug-likeness (QED) is 0.668. The Labute approximate surface area is 80.9 Å². The van der Waals surface area contributed by atoms with Crippen molar-refractivity contribution in [3.8, 4) is 0 Å². The summed E-state index contributed by atoms with van der Waals surface area (Å²) in [7, 11) is 0. The molecule has 0 amide bonds. The van der Waals surface area contributed by atoms with Crippen molar-refractivity contribution in [2.45, 2.75) is 51.2 Å². The molecule has 0 aromatic carbocycles. The van der Waals surface area contributed by atoms with E-state index in [4.69, 9.17) is 0 Å². The van der Waals surface area contributed by atoms with Crippen LogP contribution >= 0.6 is 0 Å². The van der Waals surface area contributed by atoms with Crippen molar-refractivity contribution < 1.29 is 5.11 Å². The molecule has 1 N–H and O–H groups in total. The van der Waals surface area contributed by atoms with Gasteiger partial charge in [-0.05, 0) is 44.6 Å². The number of hydrogen-bond donors (Lipinski definition) is 1. The maximum atomic E-state index is 9.79. The number of hydrogen-bond acceptors (Lipinski definition) is 2. The lowest BCUT2D eigenvalue weighted by Crippen LogP contribution is -2.45. The van der Waals surface area contributed by atoms with Gasteiger partial charge in [0, 0.05) is 12.6 Å². The molecule has 1 heterocycles. The lowest BCUT2D eigenvalue weighted by Gasteiger charge is -2.36. The second-order valence-electron chi connectivity index (χ2n) is 4.81. The molecule has 1 saturated carbocycles. The summed E-state index contributed by atoms with van der Waals surface area (Å²) in [6, 6.07) is 0.489. The lowest BCUT2D eigenvalue weighted by atomic mass is 9.98. The Bertz CT molecular complexity index is 171. The van der Waals surface area contributed by atoms with Crippen LogP contribution in [0, 0.1) is 5.92 Å². The van der Waals surface area contributed by atoms with Crippen molar-refractivity contribution in [1.82, 2.24) is 4.90 Å². The van der Waals surface area contributed by atoms with Crippen molar-refractivity contribution in [2.24, 2.45) is 5.92 Å². The van der Waals surface area contributed by atoms with Gasteiger partial charge in [-0.15, -0.1) is 0 Å². The molecule has 1 aliphatic heterocycles. The largest absolute Gasteiger partial charge is 0.391 e. The summed E-state index contributed by atoms with van der Waals surface area (Å²) in [5.74, 6) is 0.835. The summed E-state index contributed by atoms with van der Waals surface area (Å²) < 4.78 is 0. The van der Waals surface area contributed by atoms with Crippen molar-refractivity contribution in [3.05, 3.63) is 0 Å². The number of likely N-dealkylation sites (tertiary alicyclic amines) is 1. The summed E-state index contributed by atoms with van der Waals surface area (Å²) in [6.45, 7) is 4.75. The first-order valence-corrected chi connectivity index (χ1v) is 5.69. The highest BCUT2D eigenvalue weighted by molar-refractivity contribution is 4.87. The zero-order valence-electron chi connectivity index (χ0n) is 8.58. The predicted octanol–water partition coefficient (Wildman–Crippen LogP) is 1.63. The highest BCUT2D eigenvalue weighted by atomic mass is 16.3. The van der Waals surface area contributed by atoms with E-state index in [1.54, 1.807) is 0 Å². The summed E-state index contributed by atoms with van der Waals surface area (Å²) in [4.78, 5) is 2.52. The molecule has 1 aliphatic carbocycles. The maximum Gasteiger partial charge on any atom is 0.0695 e. The second-order valence-corrected chi connectivity index (χ2v) is 4.81. The van der Waals surface area contributed by atoms with E-state index in [1.165, 1.54) is 38.8 Å². The van der Waals surface area contributed by atoms with Crippen molar-refractivity contribution in [3.63, 3.8) is 0 Å². The van der Waals surface area contributed by atoms with Crippen LogP contribution < -0.4 is 0 Å². The van der Waals surface area contributed by atoms with Gasteiger partial charge in [-0.1, -0.05) is 6.92 Å². The molecule has 1 unspecified atom stereocenters. The third-order valence-corrected chi connectivity index (χ3v) is 3.60. The van der Waals surface area contributed by atoms with Gasteiger partial charge in [0.25, 0.3) is 0 Å². The van der Waals surface area contributed by atoms with E-state index in [9.17, 15) is 5.11 Å². The molecular weight excluding hydrogens is 162 g/mol. The van der Waals surface area contributed by atoms with Gasteiger partial charge < -0.3 is 5.11 Å². The van der Waals surface area contributed by atoms with Crippen LogP contribution in [-0.4, -0.2) is 35.2 Å². The molecule has 0 aromatic heterocycles.